The van der Waals surface area contributed by atoms with Crippen molar-refractivity contribution in [1.29, 1.82) is 0 Å². The van der Waals surface area contributed by atoms with Crippen molar-refractivity contribution < 1.29 is 14.3 Å². The maximum absolute atomic E-state index is 12.6. The van der Waals surface area contributed by atoms with E-state index in [2.05, 4.69) is 11.9 Å². The predicted octanol–water partition coefficient (Wildman–Crippen LogP) is 1.89. The van der Waals surface area contributed by atoms with Gasteiger partial charge in [0.25, 0.3) is 5.91 Å². The summed E-state index contributed by atoms with van der Waals surface area (Å²) in [6.45, 7) is 4.42. The van der Waals surface area contributed by atoms with Crippen LogP contribution < -0.4 is 9.47 Å². The van der Waals surface area contributed by atoms with Gasteiger partial charge in [-0.3, -0.25) is 4.79 Å². The van der Waals surface area contributed by atoms with Crippen molar-refractivity contribution >= 4 is 17.5 Å². The summed E-state index contributed by atoms with van der Waals surface area (Å²) in [5.41, 5.74) is 0.564. The molecule has 21 heavy (non-hydrogen) atoms. The number of carbonyl (C=O) groups excluding carboxylic acids is 1. The zero-order valence-corrected chi connectivity index (χ0v) is 12.9. The van der Waals surface area contributed by atoms with Crippen LogP contribution >= 0.6 is 11.6 Å². The summed E-state index contributed by atoms with van der Waals surface area (Å²) in [4.78, 5) is 16.7. The quantitative estimate of drug-likeness (QED) is 0.794. The second-order valence-electron chi connectivity index (χ2n) is 5.43. The first-order chi connectivity index (χ1) is 10.1. The summed E-state index contributed by atoms with van der Waals surface area (Å²) in [6.07, 6.45) is 0.812. The lowest BCUT2D eigenvalue weighted by atomic mass is 10.1. The van der Waals surface area contributed by atoms with Crippen LogP contribution in [-0.4, -0.2) is 62.1 Å². The van der Waals surface area contributed by atoms with Gasteiger partial charge in [-0.25, -0.2) is 0 Å². The number of amides is 1. The van der Waals surface area contributed by atoms with Crippen molar-refractivity contribution in [3.05, 3.63) is 22.7 Å². The number of piperazine rings is 1. The predicted molar refractivity (Wildman–Crippen MR) is 80.5 cm³/mol. The van der Waals surface area contributed by atoms with Crippen LogP contribution in [0.25, 0.3) is 0 Å². The summed E-state index contributed by atoms with van der Waals surface area (Å²) in [6, 6.07) is 3.42. The molecule has 0 N–H and O–H groups in total. The van der Waals surface area contributed by atoms with Crippen molar-refractivity contribution in [3.8, 4) is 11.5 Å². The lowest BCUT2D eigenvalue weighted by Gasteiger charge is -2.32. The van der Waals surface area contributed by atoms with Crippen molar-refractivity contribution in [3.63, 3.8) is 0 Å². The number of hydrogen-bond donors (Lipinski definition) is 0. The Morgan fingerprint density at radius 3 is 2.62 bits per heavy atom. The fourth-order valence-corrected chi connectivity index (χ4v) is 2.81. The summed E-state index contributed by atoms with van der Waals surface area (Å²) >= 11 is 6.24. The first kappa shape index (κ1) is 14.5. The van der Waals surface area contributed by atoms with E-state index in [4.69, 9.17) is 21.1 Å². The molecule has 2 aliphatic rings. The van der Waals surface area contributed by atoms with Gasteiger partial charge >= 0.3 is 0 Å². The minimum atomic E-state index is 0.000599. The number of likely N-dealkylation sites (N-methyl/N-ethyl adjacent to an activating group) is 1. The van der Waals surface area contributed by atoms with E-state index in [9.17, 15) is 4.79 Å². The minimum Gasteiger partial charge on any atom is -0.489 e. The van der Waals surface area contributed by atoms with Crippen LogP contribution in [0.5, 0.6) is 11.5 Å². The Bertz CT molecular complexity index is 542. The van der Waals surface area contributed by atoms with E-state index in [-0.39, 0.29) is 5.91 Å². The van der Waals surface area contributed by atoms with Crippen molar-refractivity contribution in [2.24, 2.45) is 0 Å². The highest BCUT2D eigenvalue weighted by molar-refractivity contribution is 6.32. The number of ether oxygens (including phenoxy) is 2. The number of nitrogens with zero attached hydrogens (tertiary/aromatic N) is 2. The molecular weight excluding hydrogens is 292 g/mol. The van der Waals surface area contributed by atoms with Gasteiger partial charge in [-0.15, -0.1) is 0 Å². The molecule has 114 valence electrons. The zero-order chi connectivity index (χ0) is 14.8. The number of benzene rings is 1. The molecule has 0 saturated carbocycles. The zero-order valence-electron chi connectivity index (χ0n) is 12.1. The first-order valence-corrected chi connectivity index (χ1v) is 7.60. The smallest absolute Gasteiger partial charge is 0.254 e. The van der Waals surface area contributed by atoms with Crippen molar-refractivity contribution in [1.82, 2.24) is 9.80 Å². The molecule has 0 aromatic heterocycles. The highest BCUT2D eigenvalue weighted by atomic mass is 35.5. The molecule has 5 nitrogen and oxygen atoms in total. The number of carbonyl (C=O) groups is 1. The normalized spacial score (nSPS) is 19.2. The average Bonchev–Trinajstić information content (AvgIpc) is 2.73. The van der Waals surface area contributed by atoms with E-state index in [1.165, 1.54) is 0 Å². The maximum Gasteiger partial charge on any atom is 0.254 e. The van der Waals surface area contributed by atoms with E-state index in [1.54, 1.807) is 12.1 Å². The SMILES string of the molecule is CN1CCN(C(=O)c2cc(Cl)c3c(c2)OCCCO3)CC1. The molecule has 0 unspecified atom stereocenters. The summed E-state index contributed by atoms with van der Waals surface area (Å²) in [5, 5.41) is 0.437. The molecule has 2 aliphatic heterocycles. The van der Waals surface area contributed by atoms with Gasteiger partial charge in [-0.2, -0.15) is 0 Å². The third kappa shape index (κ3) is 3.09. The van der Waals surface area contributed by atoms with Crippen LogP contribution in [0.15, 0.2) is 12.1 Å². The fraction of sp³-hybridized carbons (Fsp3) is 0.533. The van der Waals surface area contributed by atoms with Crippen LogP contribution in [0.2, 0.25) is 5.02 Å². The maximum atomic E-state index is 12.6. The van der Waals surface area contributed by atoms with Gasteiger partial charge in [-0.1, -0.05) is 11.6 Å². The monoisotopic (exact) mass is 310 g/mol. The molecule has 0 radical (unpaired) electrons. The molecule has 2 heterocycles. The lowest BCUT2D eigenvalue weighted by Crippen LogP contribution is -2.47. The summed E-state index contributed by atoms with van der Waals surface area (Å²) in [5.74, 6) is 1.11. The molecule has 1 aromatic carbocycles. The van der Waals surface area contributed by atoms with Gasteiger partial charge in [0.05, 0.1) is 18.2 Å². The summed E-state index contributed by atoms with van der Waals surface area (Å²) in [7, 11) is 2.06. The number of hydrogen-bond acceptors (Lipinski definition) is 4. The van der Waals surface area contributed by atoms with Gasteiger partial charge < -0.3 is 19.3 Å². The van der Waals surface area contributed by atoms with Crippen LogP contribution in [0.4, 0.5) is 0 Å². The largest absolute Gasteiger partial charge is 0.489 e. The molecule has 0 spiro atoms. The number of rotatable bonds is 1. The van der Waals surface area contributed by atoms with E-state index in [0.717, 1.165) is 32.6 Å². The third-order valence-electron chi connectivity index (χ3n) is 3.84. The minimum absolute atomic E-state index is 0.000599. The Morgan fingerprint density at radius 2 is 1.86 bits per heavy atom. The number of halogens is 1. The van der Waals surface area contributed by atoms with Crippen LogP contribution in [0, 0.1) is 0 Å². The molecule has 0 atom stereocenters. The van der Waals surface area contributed by atoms with Crippen LogP contribution in [0.3, 0.4) is 0 Å². The van der Waals surface area contributed by atoms with E-state index < -0.39 is 0 Å². The molecule has 1 amide bonds. The van der Waals surface area contributed by atoms with Gasteiger partial charge in [-0.05, 0) is 19.2 Å². The van der Waals surface area contributed by atoms with E-state index >= 15 is 0 Å². The Morgan fingerprint density at radius 1 is 1.14 bits per heavy atom. The molecular formula is C15H19ClN2O3. The molecule has 1 saturated heterocycles. The molecule has 1 aromatic rings. The molecule has 0 aliphatic carbocycles. The first-order valence-electron chi connectivity index (χ1n) is 7.22. The second-order valence-corrected chi connectivity index (χ2v) is 5.84. The van der Waals surface area contributed by atoms with Gasteiger partial charge in [0.2, 0.25) is 0 Å². The average molecular weight is 311 g/mol. The fourth-order valence-electron chi connectivity index (χ4n) is 2.55. The highest BCUT2D eigenvalue weighted by Gasteiger charge is 2.23. The molecule has 1 fully saturated rings. The molecule has 0 bridgehead atoms. The van der Waals surface area contributed by atoms with Crippen LogP contribution in [0.1, 0.15) is 16.8 Å². The standard InChI is InChI=1S/C15H19ClN2O3/c1-17-3-5-18(6-4-17)15(19)11-9-12(16)14-13(10-11)20-7-2-8-21-14/h9-10H,2-8H2,1H3. The molecule has 3 rings (SSSR count). The van der Waals surface area contributed by atoms with E-state index in [1.807, 2.05) is 4.90 Å². The lowest BCUT2D eigenvalue weighted by molar-refractivity contribution is 0.0663. The van der Waals surface area contributed by atoms with Crippen molar-refractivity contribution in [2.75, 3.05) is 46.4 Å². The van der Waals surface area contributed by atoms with Gasteiger partial charge in [0.1, 0.15) is 0 Å². The van der Waals surface area contributed by atoms with Gasteiger partial charge in [0, 0.05) is 38.2 Å². The number of fused-ring (bicyclic) bond motifs is 1. The third-order valence-corrected chi connectivity index (χ3v) is 4.12. The highest BCUT2D eigenvalue weighted by Crippen LogP contribution is 2.38. The van der Waals surface area contributed by atoms with Gasteiger partial charge in [0.15, 0.2) is 11.5 Å². The van der Waals surface area contributed by atoms with E-state index in [0.29, 0.717) is 35.3 Å². The Balaban J connectivity index is 1.83. The molecule has 6 heteroatoms. The Hall–Kier alpha value is -1.46. The Kier molecular flexibility index (Phi) is 4.22. The Labute approximate surface area is 129 Å². The van der Waals surface area contributed by atoms with Crippen molar-refractivity contribution in [2.45, 2.75) is 6.42 Å². The summed E-state index contributed by atoms with van der Waals surface area (Å²) < 4.78 is 11.2. The second kappa shape index (κ2) is 6.12. The van der Waals surface area contributed by atoms with Crippen LogP contribution in [-0.2, 0) is 0 Å². The topological polar surface area (TPSA) is 42.0 Å².